The van der Waals surface area contributed by atoms with Crippen molar-refractivity contribution >= 4 is 38.8 Å². The lowest BCUT2D eigenvalue weighted by Gasteiger charge is -2.09. The largest absolute Gasteiger partial charge is 0.480 e. The third-order valence-corrected chi connectivity index (χ3v) is 4.43. The minimum atomic E-state index is -0.195. The topological polar surface area (TPSA) is 50.7 Å². The molecule has 0 saturated heterocycles. The molecule has 0 unspecified atom stereocenters. The first-order chi connectivity index (χ1) is 13.2. The summed E-state index contributed by atoms with van der Waals surface area (Å²) in [6, 6.07) is 19.3. The lowest BCUT2D eigenvalue weighted by Crippen LogP contribution is -2.19. The smallest absolute Gasteiger partial charge is 0.244 e. The number of hydrogen-bond acceptors (Lipinski definition) is 3. The van der Waals surface area contributed by atoms with Crippen molar-refractivity contribution in [2.24, 2.45) is 5.10 Å². The van der Waals surface area contributed by atoms with Crippen LogP contribution in [0.3, 0.4) is 0 Å². The average Bonchev–Trinajstić information content (AvgIpc) is 2.69. The predicted molar refractivity (Wildman–Crippen MR) is 112 cm³/mol. The van der Waals surface area contributed by atoms with Crippen LogP contribution in [0.15, 0.2) is 70.2 Å². The Hall–Kier alpha value is -3.10. The Bertz CT molecular complexity index is 1020. The van der Waals surface area contributed by atoms with Gasteiger partial charge in [0.25, 0.3) is 0 Å². The molecule has 0 radical (unpaired) electrons. The maximum Gasteiger partial charge on any atom is 0.244 e. The van der Waals surface area contributed by atoms with E-state index in [1.807, 2.05) is 60.7 Å². The molecule has 0 fully saturated rings. The van der Waals surface area contributed by atoms with E-state index < -0.39 is 0 Å². The van der Waals surface area contributed by atoms with Crippen molar-refractivity contribution < 1.29 is 9.53 Å². The molecule has 0 aliphatic rings. The van der Waals surface area contributed by atoms with E-state index in [-0.39, 0.29) is 18.9 Å². The Morgan fingerprint density at radius 3 is 2.70 bits per heavy atom. The molecule has 3 aromatic rings. The molecule has 27 heavy (non-hydrogen) atoms. The highest BCUT2D eigenvalue weighted by Gasteiger charge is 2.07. The molecule has 4 nitrogen and oxygen atoms in total. The number of fused-ring (bicyclic) bond motifs is 1. The Morgan fingerprint density at radius 1 is 1.15 bits per heavy atom. The molecule has 0 bridgehead atoms. The zero-order valence-electron chi connectivity index (χ0n) is 14.5. The highest BCUT2D eigenvalue weighted by atomic mass is 79.9. The standard InChI is InChI=1S/C22H17BrN2O2/c1-2-13-27-21-12-9-17-5-3-4-6-19(17)20(21)15-24-25-22(26)14-16-7-10-18(23)11-8-16/h1,3-12,15H,13-14H2,(H,25,26)/b24-15-. The zero-order chi connectivity index (χ0) is 19.1. The first-order valence-electron chi connectivity index (χ1n) is 8.32. The van der Waals surface area contributed by atoms with Crippen molar-refractivity contribution in [3.05, 3.63) is 76.3 Å². The molecule has 1 N–H and O–H groups in total. The predicted octanol–water partition coefficient (Wildman–Crippen LogP) is 4.31. The maximum absolute atomic E-state index is 12.1. The summed E-state index contributed by atoms with van der Waals surface area (Å²) in [5.74, 6) is 2.89. The van der Waals surface area contributed by atoms with Crippen LogP contribution in [0.5, 0.6) is 5.75 Å². The Labute approximate surface area is 166 Å². The van der Waals surface area contributed by atoms with Crippen molar-refractivity contribution in [1.82, 2.24) is 5.43 Å². The van der Waals surface area contributed by atoms with Gasteiger partial charge in [-0.3, -0.25) is 4.79 Å². The first kappa shape index (κ1) is 18.7. The van der Waals surface area contributed by atoms with Crippen molar-refractivity contribution in [3.63, 3.8) is 0 Å². The van der Waals surface area contributed by atoms with E-state index in [9.17, 15) is 4.79 Å². The highest BCUT2D eigenvalue weighted by Crippen LogP contribution is 2.26. The molecule has 0 heterocycles. The van der Waals surface area contributed by atoms with Gasteiger partial charge in [0.2, 0.25) is 5.91 Å². The van der Waals surface area contributed by atoms with Gasteiger partial charge in [0.15, 0.2) is 0 Å². The van der Waals surface area contributed by atoms with Crippen LogP contribution in [0.2, 0.25) is 0 Å². The quantitative estimate of drug-likeness (QED) is 0.367. The number of halogens is 1. The molecule has 1 amide bonds. The maximum atomic E-state index is 12.1. The SMILES string of the molecule is C#CCOc1ccc2ccccc2c1/C=N\NC(=O)Cc1ccc(Br)cc1. The van der Waals surface area contributed by atoms with Gasteiger partial charge in [0, 0.05) is 10.0 Å². The van der Waals surface area contributed by atoms with Gasteiger partial charge < -0.3 is 4.74 Å². The molecule has 0 aromatic heterocycles. The summed E-state index contributed by atoms with van der Waals surface area (Å²) >= 11 is 3.38. The number of terminal acetylenes is 1. The van der Waals surface area contributed by atoms with Crippen LogP contribution in [0.4, 0.5) is 0 Å². The lowest BCUT2D eigenvalue weighted by molar-refractivity contribution is -0.120. The summed E-state index contributed by atoms with van der Waals surface area (Å²) in [6.45, 7) is 0.162. The van der Waals surface area contributed by atoms with Gasteiger partial charge in [-0.2, -0.15) is 5.10 Å². The molecular formula is C22H17BrN2O2. The Morgan fingerprint density at radius 2 is 1.93 bits per heavy atom. The normalized spacial score (nSPS) is 10.7. The minimum Gasteiger partial charge on any atom is -0.480 e. The van der Waals surface area contributed by atoms with Gasteiger partial charge in [-0.15, -0.1) is 6.42 Å². The van der Waals surface area contributed by atoms with Gasteiger partial charge in [-0.05, 0) is 34.5 Å². The van der Waals surface area contributed by atoms with E-state index in [2.05, 4.69) is 32.4 Å². The molecular weight excluding hydrogens is 404 g/mol. The number of amides is 1. The third kappa shape index (κ3) is 4.96. The van der Waals surface area contributed by atoms with Gasteiger partial charge in [-0.1, -0.05) is 64.3 Å². The van der Waals surface area contributed by atoms with Crippen LogP contribution in [-0.2, 0) is 11.2 Å². The molecule has 0 atom stereocenters. The summed E-state index contributed by atoms with van der Waals surface area (Å²) in [6.07, 6.45) is 7.13. The van der Waals surface area contributed by atoms with Crippen molar-refractivity contribution in [2.75, 3.05) is 6.61 Å². The van der Waals surface area contributed by atoms with Crippen LogP contribution in [0.25, 0.3) is 10.8 Å². The summed E-state index contributed by atoms with van der Waals surface area (Å²) in [5.41, 5.74) is 4.25. The van der Waals surface area contributed by atoms with E-state index in [0.717, 1.165) is 26.4 Å². The number of nitrogens with zero attached hydrogens (tertiary/aromatic N) is 1. The number of hydrazone groups is 1. The lowest BCUT2D eigenvalue weighted by atomic mass is 10.0. The highest BCUT2D eigenvalue weighted by molar-refractivity contribution is 9.10. The molecule has 0 saturated carbocycles. The fourth-order valence-electron chi connectivity index (χ4n) is 2.65. The Kier molecular flexibility index (Phi) is 6.24. The number of carbonyl (C=O) groups excluding carboxylic acids is 1. The summed E-state index contributed by atoms with van der Waals surface area (Å²) < 4.78 is 6.59. The fourth-order valence-corrected chi connectivity index (χ4v) is 2.91. The number of rotatable bonds is 6. The second kappa shape index (κ2) is 9.02. The van der Waals surface area contributed by atoms with E-state index >= 15 is 0 Å². The number of benzene rings is 3. The average molecular weight is 421 g/mol. The van der Waals surface area contributed by atoms with Crippen molar-refractivity contribution in [1.29, 1.82) is 0 Å². The zero-order valence-corrected chi connectivity index (χ0v) is 16.1. The van der Waals surface area contributed by atoms with Crippen molar-refractivity contribution in [2.45, 2.75) is 6.42 Å². The first-order valence-corrected chi connectivity index (χ1v) is 9.11. The van der Waals surface area contributed by atoms with Crippen molar-refractivity contribution in [3.8, 4) is 18.1 Å². The van der Waals surface area contributed by atoms with Gasteiger partial charge in [0.05, 0.1) is 12.6 Å². The fraction of sp³-hybridized carbons (Fsp3) is 0.0909. The molecule has 0 aliphatic heterocycles. The monoisotopic (exact) mass is 420 g/mol. The van der Waals surface area contributed by atoms with Gasteiger partial charge in [-0.25, -0.2) is 5.43 Å². The molecule has 3 aromatic carbocycles. The number of ether oxygens (including phenoxy) is 1. The number of carbonyl (C=O) groups is 1. The van der Waals surface area contributed by atoms with E-state index in [1.54, 1.807) is 6.21 Å². The summed E-state index contributed by atoms with van der Waals surface area (Å²) in [7, 11) is 0. The minimum absolute atomic E-state index is 0.162. The van der Waals surface area contributed by atoms with Crippen LogP contribution < -0.4 is 10.2 Å². The number of hydrogen-bond donors (Lipinski definition) is 1. The summed E-state index contributed by atoms with van der Waals surface area (Å²) in [5, 5.41) is 6.13. The van der Waals surface area contributed by atoms with Crippen LogP contribution in [0.1, 0.15) is 11.1 Å². The van der Waals surface area contributed by atoms with Crippen LogP contribution >= 0.6 is 15.9 Å². The second-order valence-corrected chi connectivity index (χ2v) is 6.70. The molecule has 0 aliphatic carbocycles. The number of nitrogens with one attached hydrogen (secondary N) is 1. The molecule has 3 rings (SSSR count). The van der Waals surface area contributed by atoms with Gasteiger partial charge in [0.1, 0.15) is 12.4 Å². The Balaban J connectivity index is 1.77. The molecule has 0 spiro atoms. The van der Waals surface area contributed by atoms with E-state index in [0.29, 0.717) is 5.75 Å². The van der Waals surface area contributed by atoms with E-state index in [4.69, 9.17) is 11.2 Å². The third-order valence-electron chi connectivity index (χ3n) is 3.90. The molecule has 134 valence electrons. The van der Waals surface area contributed by atoms with Crippen LogP contribution in [0, 0.1) is 12.3 Å². The summed E-state index contributed by atoms with van der Waals surface area (Å²) in [4.78, 5) is 12.1. The van der Waals surface area contributed by atoms with E-state index in [1.165, 1.54) is 0 Å². The van der Waals surface area contributed by atoms with Crippen LogP contribution in [-0.4, -0.2) is 18.7 Å². The molecule has 5 heteroatoms. The van der Waals surface area contributed by atoms with Gasteiger partial charge >= 0.3 is 0 Å². The second-order valence-electron chi connectivity index (χ2n) is 5.79.